The third-order valence-corrected chi connectivity index (χ3v) is 2.60. The minimum absolute atomic E-state index is 0.00333. The highest BCUT2D eigenvalue weighted by atomic mass is 35.5. The number of rotatable bonds is 4. The van der Waals surface area contributed by atoms with Crippen LogP contribution < -0.4 is 0 Å². The number of Topliss-reactive ketones (excluding diaryl/α,β-unsaturated/α-hetero) is 1. The summed E-state index contributed by atoms with van der Waals surface area (Å²) in [6.45, 7) is 0.949. The topological polar surface area (TPSA) is 35.5 Å². The van der Waals surface area contributed by atoms with E-state index in [4.69, 9.17) is 21.1 Å². The van der Waals surface area contributed by atoms with Crippen LogP contribution in [0.4, 0.5) is 0 Å². The van der Waals surface area contributed by atoms with E-state index in [9.17, 15) is 4.79 Å². The van der Waals surface area contributed by atoms with Gasteiger partial charge >= 0.3 is 0 Å². The Morgan fingerprint density at radius 2 is 2.38 bits per heavy atom. The standard InChI is InChI=1S/C9H15ClO3/c1-12-7-9(8(11)6-10)4-2-3-5-13-9/h2-7H2,1H3. The van der Waals surface area contributed by atoms with Gasteiger partial charge in [-0.15, -0.1) is 11.6 Å². The van der Waals surface area contributed by atoms with Gasteiger partial charge in [-0.2, -0.15) is 0 Å². The smallest absolute Gasteiger partial charge is 0.181 e. The van der Waals surface area contributed by atoms with Gasteiger partial charge in [0.25, 0.3) is 0 Å². The lowest BCUT2D eigenvalue weighted by molar-refractivity contribution is -0.157. The van der Waals surface area contributed by atoms with Crippen molar-refractivity contribution in [2.75, 3.05) is 26.2 Å². The average molecular weight is 207 g/mol. The lowest BCUT2D eigenvalue weighted by atomic mass is 9.91. The number of alkyl halides is 1. The summed E-state index contributed by atoms with van der Waals surface area (Å²) in [4.78, 5) is 11.5. The van der Waals surface area contributed by atoms with E-state index in [1.54, 1.807) is 7.11 Å². The lowest BCUT2D eigenvalue weighted by Gasteiger charge is -2.34. The molecule has 0 saturated carbocycles. The number of carbonyl (C=O) groups excluding carboxylic acids is 1. The monoisotopic (exact) mass is 206 g/mol. The van der Waals surface area contributed by atoms with Crippen LogP contribution in [0.25, 0.3) is 0 Å². The molecule has 76 valence electrons. The normalized spacial score (nSPS) is 28.8. The SMILES string of the molecule is COCC1(C(=O)CCl)CCCCO1. The van der Waals surface area contributed by atoms with Crippen LogP contribution >= 0.6 is 11.6 Å². The van der Waals surface area contributed by atoms with Crippen LogP contribution in [-0.4, -0.2) is 37.6 Å². The summed E-state index contributed by atoms with van der Waals surface area (Å²) < 4.78 is 10.5. The minimum atomic E-state index is -0.755. The summed E-state index contributed by atoms with van der Waals surface area (Å²) in [7, 11) is 1.57. The Bertz CT molecular complexity index is 170. The van der Waals surface area contributed by atoms with Gasteiger partial charge in [0.15, 0.2) is 11.4 Å². The van der Waals surface area contributed by atoms with E-state index in [1.807, 2.05) is 0 Å². The van der Waals surface area contributed by atoms with E-state index >= 15 is 0 Å². The van der Waals surface area contributed by atoms with Gasteiger partial charge in [-0.25, -0.2) is 0 Å². The van der Waals surface area contributed by atoms with Gasteiger partial charge in [0.2, 0.25) is 0 Å². The summed E-state index contributed by atoms with van der Waals surface area (Å²) in [6.07, 6.45) is 2.75. The average Bonchev–Trinajstić information content (AvgIpc) is 2.18. The van der Waals surface area contributed by atoms with Crippen LogP contribution in [0.15, 0.2) is 0 Å². The molecule has 1 fully saturated rings. The van der Waals surface area contributed by atoms with E-state index in [0.29, 0.717) is 13.2 Å². The van der Waals surface area contributed by atoms with Crippen molar-refractivity contribution in [1.29, 1.82) is 0 Å². The molecule has 1 atom stereocenters. The molecule has 1 aliphatic rings. The first-order chi connectivity index (χ1) is 6.25. The van der Waals surface area contributed by atoms with Crippen molar-refractivity contribution in [2.45, 2.75) is 24.9 Å². The van der Waals surface area contributed by atoms with Crippen molar-refractivity contribution >= 4 is 17.4 Å². The Morgan fingerprint density at radius 1 is 1.62 bits per heavy atom. The molecular formula is C9H15ClO3. The lowest BCUT2D eigenvalue weighted by Crippen LogP contribution is -2.48. The van der Waals surface area contributed by atoms with Crippen molar-refractivity contribution in [3.8, 4) is 0 Å². The summed E-state index contributed by atoms with van der Waals surface area (Å²) in [5, 5.41) is 0. The van der Waals surface area contributed by atoms with Gasteiger partial charge in [0.1, 0.15) is 0 Å². The van der Waals surface area contributed by atoms with E-state index in [-0.39, 0.29) is 11.7 Å². The van der Waals surface area contributed by atoms with Gasteiger partial charge in [-0.1, -0.05) is 0 Å². The highest BCUT2D eigenvalue weighted by Crippen LogP contribution is 2.26. The van der Waals surface area contributed by atoms with Crippen molar-refractivity contribution in [2.24, 2.45) is 0 Å². The predicted octanol–water partition coefficient (Wildman–Crippen LogP) is 1.38. The molecule has 1 saturated heterocycles. The van der Waals surface area contributed by atoms with E-state index in [2.05, 4.69) is 0 Å². The first-order valence-electron chi connectivity index (χ1n) is 4.47. The van der Waals surface area contributed by atoms with Gasteiger partial charge in [-0.3, -0.25) is 4.79 Å². The number of halogens is 1. The Morgan fingerprint density at radius 3 is 2.85 bits per heavy atom. The molecule has 1 unspecified atom stereocenters. The zero-order valence-corrected chi connectivity index (χ0v) is 8.60. The fourth-order valence-electron chi connectivity index (χ4n) is 1.62. The third-order valence-electron chi connectivity index (χ3n) is 2.36. The summed E-state index contributed by atoms with van der Waals surface area (Å²) >= 11 is 5.53. The summed E-state index contributed by atoms with van der Waals surface area (Å²) in [5.41, 5.74) is -0.755. The number of methoxy groups -OCH3 is 1. The minimum Gasteiger partial charge on any atom is -0.381 e. The molecule has 0 spiro atoms. The van der Waals surface area contributed by atoms with Crippen LogP contribution in [0.5, 0.6) is 0 Å². The molecule has 0 N–H and O–H groups in total. The second-order valence-corrected chi connectivity index (χ2v) is 3.56. The third kappa shape index (κ3) is 2.42. The van der Waals surface area contributed by atoms with Crippen molar-refractivity contribution in [3.05, 3.63) is 0 Å². The quantitative estimate of drug-likeness (QED) is 0.652. The molecule has 0 radical (unpaired) electrons. The molecule has 0 aromatic carbocycles. The second-order valence-electron chi connectivity index (χ2n) is 3.29. The number of ether oxygens (including phenoxy) is 2. The van der Waals surface area contributed by atoms with E-state index in [1.165, 1.54) is 0 Å². The Kier molecular flexibility index (Phi) is 4.16. The molecule has 4 heteroatoms. The fraction of sp³-hybridized carbons (Fsp3) is 0.889. The first kappa shape index (κ1) is 11.0. The van der Waals surface area contributed by atoms with Crippen molar-refractivity contribution in [1.82, 2.24) is 0 Å². The molecule has 1 heterocycles. The van der Waals surface area contributed by atoms with E-state index in [0.717, 1.165) is 19.3 Å². The number of carbonyl (C=O) groups is 1. The molecule has 1 aliphatic heterocycles. The predicted molar refractivity (Wildman–Crippen MR) is 50.1 cm³/mol. The number of hydrogen-bond donors (Lipinski definition) is 0. The largest absolute Gasteiger partial charge is 0.381 e. The van der Waals surface area contributed by atoms with Gasteiger partial charge < -0.3 is 9.47 Å². The van der Waals surface area contributed by atoms with Gasteiger partial charge in [-0.05, 0) is 19.3 Å². The highest BCUT2D eigenvalue weighted by molar-refractivity contribution is 6.28. The summed E-state index contributed by atoms with van der Waals surface area (Å²) in [6, 6.07) is 0. The number of ketones is 1. The van der Waals surface area contributed by atoms with Crippen LogP contribution in [0.2, 0.25) is 0 Å². The second kappa shape index (κ2) is 4.94. The fourth-order valence-corrected chi connectivity index (χ4v) is 1.87. The van der Waals surface area contributed by atoms with Crippen LogP contribution in [0, 0.1) is 0 Å². The Hall–Kier alpha value is -0.120. The Balaban J connectivity index is 2.66. The summed E-state index contributed by atoms with van der Waals surface area (Å²) in [5.74, 6) is -0.0562. The molecular weight excluding hydrogens is 192 g/mol. The number of hydrogen-bond acceptors (Lipinski definition) is 3. The maximum Gasteiger partial charge on any atom is 0.181 e. The molecule has 0 aliphatic carbocycles. The van der Waals surface area contributed by atoms with E-state index < -0.39 is 5.60 Å². The molecule has 0 aromatic rings. The van der Waals surface area contributed by atoms with Crippen LogP contribution in [-0.2, 0) is 14.3 Å². The molecule has 3 nitrogen and oxygen atoms in total. The molecule has 0 amide bonds. The highest BCUT2D eigenvalue weighted by Gasteiger charge is 2.40. The van der Waals surface area contributed by atoms with Crippen molar-refractivity contribution in [3.63, 3.8) is 0 Å². The first-order valence-corrected chi connectivity index (χ1v) is 5.01. The Labute approximate surface area is 83.3 Å². The van der Waals surface area contributed by atoms with Crippen LogP contribution in [0.3, 0.4) is 0 Å². The molecule has 0 aromatic heterocycles. The van der Waals surface area contributed by atoms with Crippen molar-refractivity contribution < 1.29 is 14.3 Å². The maximum atomic E-state index is 11.5. The zero-order chi connectivity index (χ0) is 9.73. The van der Waals surface area contributed by atoms with Crippen LogP contribution in [0.1, 0.15) is 19.3 Å². The molecule has 13 heavy (non-hydrogen) atoms. The van der Waals surface area contributed by atoms with Gasteiger partial charge in [0.05, 0.1) is 12.5 Å². The molecule has 0 bridgehead atoms. The zero-order valence-electron chi connectivity index (χ0n) is 7.85. The van der Waals surface area contributed by atoms with Gasteiger partial charge in [0, 0.05) is 13.7 Å². The molecule has 1 rings (SSSR count). The maximum absolute atomic E-state index is 11.5.